The maximum atomic E-state index is 5.45. The standard InChI is InChI=1S/C22H39N5S2/c1-3-5-7-9-11-13-15-17-19-23-25-21(28)27(19)22-26-24-20(29-22)18-16-14-12-10-8-6-4-2/h3-18H2,1-2H3,(H,25,28). The van der Waals surface area contributed by atoms with Gasteiger partial charge in [-0.3, -0.25) is 5.10 Å². The number of aryl methyl sites for hydroxylation is 2. The fourth-order valence-electron chi connectivity index (χ4n) is 3.60. The first-order chi connectivity index (χ1) is 14.3. The maximum absolute atomic E-state index is 5.45. The van der Waals surface area contributed by atoms with Crippen LogP contribution in [-0.2, 0) is 12.8 Å². The second-order valence-electron chi connectivity index (χ2n) is 8.00. The molecule has 0 aliphatic rings. The van der Waals surface area contributed by atoms with Crippen LogP contribution in [0.2, 0.25) is 0 Å². The number of rotatable bonds is 17. The van der Waals surface area contributed by atoms with Gasteiger partial charge in [-0.1, -0.05) is 102 Å². The average Bonchev–Trinajstić information content (AvgIpc) is 3.33. The Balaban J connectivity index is 1.76. The van der Waals surface area contributed by atoms with Gasteiger partial charge in [0, 0.05) is 12.8 Å². The van der Waals surface area contributed by atoms with Crippen LogP contribution in [0.5, 0.6) is 0 Å². The predicted octanol–water partition coefficient (Wildman–Crippen LogP) is 7.37. The molecule has 0 bridgehead atoms. The second-order valence-corrected chi connectivity index (χ2v) is 9.43. The van der Waals surface area contributed by atoms with Crippen LogP contribution in [0, 0.1) is 4.77 Å². The Labute approximate surface area is 185 Å². The van der Waals surface area contributed by atoms with Crippen molar-refractivity contribution in [2.75, 3.05) is 0 Å². The van der Waals surface area contributed by atoms with Crippen LogP contribution in [-0.4, -0.2) is 25.0 Å². The summed E-state index contributed by atoms with van der Waals surface area (Å²) in [5.74, 6) is 0.988. The maximum Gasteiger partial charge on any atom is 0.220 e. The normalized spacial score (nSPS) is 11.4. The van der Waals surface area contributed by atoms with E-state index in [1.54, 1.807) is 11.3 Å². The number of H-pyrrole nitrogens is 1. The molecule has 0 saturated heterocycles. The largest absolute Gasteiger partial charge is 0.251 e. The van der Waals surface area contributed by atoms with E-state index in [4.69, 9.17) is 12.2 Å². The Morgan fingerprint density at radius 1 is 0.759 bits per heavy atom. The van der Waals surface area contributed by atoms with Gasteiger partial charge in [-0.05, 0) is 25.1 Å². The van der Waals surface area contributed by atoms with Gasteiger partial charge in [0.15, 0.2) is 0 Å². The molecule has 0 unspecified atom stereocenters. The van der Waals surface area contributed by atoms with Crippen molar-refractivity contribution < 1.29 is 0 Å². The molecule has 2 aromatic rings. The van der Waals surface area contributed by atoms with Crippen molar-refractivity contribution in [2.45, 2.75) is 117 Å². The molecule has 0 aromatic carbocycles. The molecule has 29 heavy (non-hydrogen) atoms. The van der Waals surface area contributed by atoms with Crippen LogP contribution < -0.4 is 0 Å². The van der Waals surface area contributed by atoms with E-state index in [1.807, 2.05) is 4.57 Å². The second kappa shape index (κ2) is 14.8. The monoisotopic (exact) mass is 437 g/mol. The number of nitrogens with zero attached hydrogens (tertiary/aromatic N) is 4. The summed E-state index contributed by atoms with van der Waals surface area (Å²) in [6.45, 7) is 4.52. The van der Waals surface area contributed by atoms with Crippen molar-refractivity contribution in [3.8, 4) is 5.13 Å². The van der Waals surface area contributed by atoms with Crippen LogP contribution in [0.15, 0.2) is 0 Å². The van der Waals surface area contributed by atoms with E-state index < -0.39 is 0 Å². The van der Waals surface area contributed by atoms with E-state index >= 15 is 0 Å². The molecular weight excluding hydrogens is 398 g/mol. The Hall–Kier alpha value is -1.08. The predicted molar refractivity (Wildman–Crippen MR) is 126 cm³/mol. The lowest BCUT2D eigenvalue weighted by atomic mass is 10.1. The first-order valence-corrected chi connectivity index (χ1v) is 13.0. The number of unbranched alkanes of at least 4 members (excludes halogenated alkanes) is 12. The molecule has 2 heterocycles. The Kier molecular flexibility index (Phi) is 12.4. The van der Waals surface area contributed by atoms with Gasteiger partial charge in [-0.25, -0.2) is 4.57 Å². The molecule has 2 aromatic heterocycles. The Morgan fingerprint density at radius 2 is 1.31 bits per heavy atom. The first kappa shape index (κ1) is 24.2. The van der Waals surface area contributed by atoms with Gasteiger partial charge in [0.05, 0.1) is 0 Å². The van der Waals surface area contributed by atoms with Crippen molar-refractivity contribution >= 4 is 23.6 Å². The first-order valence-electron chi connectivity index (χ1n) is 11.7. The zero-order valence-electron chi connectivity index (χ0n) is 18.4. The highest BCUT2D eigenvalue weighted by molar-refractivity contribution is 7.71. The molecule has 0 spiro atoms. The highest BCUT2D eigenvalue weighted by Gasteiger charge is 2.13. The molecule has 0 atom stereocenters. The molecule has 0 fully saturated rings. The van der Waals surface area contributed by atoms with Crippen LogP contribution in [0.1, 0.15) is 115 Å². The summed E-state index contributed by atoms with van der Waals surface area (Å²) < 4.78 is 2.61. The summed E-state index contributed by atoms with van der Waals surface area (Å²) in [4.78, 5) is 0. The van der Waals surface area contributed by atoms with E-state index in [0.29, 0.717) is 4.77 Å². The molecule has 0 saturated carbocycles. The topological polar surface area (TPSA) is 59.4 Å². The molecule has 164 valence electrons. The van der Waals surface area contributed by atoms with Gasteiger partial charge >= 0.3 is 0 Å². The summed E-state index contributed by atoms with van der Waals surface area (Å²) >= 11 is 7.11. The molecule has 0 radical (unpaired) electrons. The molecule has 0 aliphatic carbocycles. The number of aromatic amines is 1. The third-order valence-corrected chi connectivity index (χ3v) is 6.63. The number of hydrogen-bond acceptors (Lipinski definition) is 5. The summed E-state index contributed by atoms with van der Waals surface area (Å²) in [5, 5.41) is 18.2. The van der Waals surface area contributed by atoms with Gasteiger partial charge in [-0.15, -0.1) is 10.2 Å². The van der Waals surface area contributed by atoms with E-state index in [0.717, 1.165) is 35.2 Å². The van der Waals surface area contributed by atoms with Gasteiger partial charge in [-0.2, -0.15) is 5.10 Å². The fraction of sp³-hybridized carbons (Fsp3) is 0.818. The Morgan fingerprint density at radius 3 is 1.93 bits per heavy atom. The highest BCUT2D eigenvalue weighted by Crippen LogP contribution is 2.20. The third kappa shape index (κ3) is 9.08. The lowest BCUT2D eigenvalue weighted by molar-refractivity contribution is 0.582. The smallest absolute Gasteiger partial charge is 0.220 e. The molecule has 1 N–H and O–H groups in total. The molecular formula is C22H39N5S2. The van der Waals surface area contributed by atoms with Crippen LogP contribution in [0.3, 0.4) is 0 Å². The van der Waals surface area contributed by atoms with E-state index in [1.165, 1.54) is 83.5 Å². The average molecular weight is 438 g/mol. The zero-order valence-corrected chi connectivity index (χ0v) is 20.1. The highest BCUT2D eigenvalue weighted by atomic mass is 32.1. The number of nitrogens with one attached hydrogen (secondary N) is 1. The van der Waals surface area contributed by atoms with Crippen molar-refractivity contribution in [3.05, 3.63) is 15.6 Å². The number of hydrogen-bond donors (Lipinski definition) is 1. The van der Waals surface area contributed by atoms with Crippen LogP contribution >= 0.6 is 23.6 Å². The van der Waals surface area contributed by atoms with Gasteiger partial charge in [0.25, 0.3) is 0 Å². The quantitative estimate of drug-likeness (QED) is 0.207. The number of aromatic nitrogens is 5. The van der Waals surface area contributed by atoms with Crippen molar-refractivity contribution in [3.63, 3.8) is 0 Å². The summed E-state index contributed by atoms with van der Waals surface area (Å²) in [5.41, 5.74) is 0. The van der Waals surface area contributed by atoms with Gasteiger partial charge < -0.3 is 0 Å². The van der Waals surface area contributed by atoms with Crippen molar-refractivity contribution in [1.82, 2.24) is 25.0 Å². The van der Waals surface area contributed by atoms with E-state index in [2.05, 4.69) is 34.2 Å². The summed E-state index contributed by atoms with van der Waals surface area (Å²) in [6, 6.07) is 0. The van der Waals surface area contributed by atoms with Gasteiger partial charge in [0.2, 0.25) is 9.90 Å². The minimum absolute atomic E-state index is 0.626. The minimum atomic E-state index is 0.626. The minimum Gasteiger partial charge on any atom is -0.251 e. The Bertz CT molecular complexity index is 719. The van der Waals surface area contributed by atoms with Crippen molar-refractivity contribution in [1.29, 1.82) is 0 Å². The molecule has 7 heteroatoms. The summed E-state index contributed by atoms with van der Waals surface area (Å²) in [7, 11) is 0. The molecule has 5 nitrogen and oxygen atoms in total. The SMILES string of the molecule is CCCCCCCCCc1nnc(-n2c(CCCCCCCCC)n[nH]c2=S)s1. The van der Waals surface area contributed by atoms with Gasteiger partial charge in [0.1, 0.15) is 10.8 Å². The van der Waals surface area contributed by atoms with Crippen LogP contribution in [0.4, 0.5) is 0 Å². The zero-order chi connectivity index (χ0) is 20.7. The lowest BCUT2D eigenvalue weighted by Crippen LogP contribution is -2.01. The van der Waals surface area contributed by atoms with E-state index in [-0.39, 0.29) is 0 Å². The fourth-order valence-corrected chi connectivity index (χ4v) is 4.81. The molecule has 2 rings (SSSR count). The lowest BCUT2D eigenvalue weighted by Gasteiger charge is -2.03. The third-order valence-electron chi connectivity index (χ3n) is 5.39. The molecule has 0 amide bonds. The van der Waals surface area contributed by atoms with Crippen LogP contribution in [0.25, 0.3) is 5.13 Å². The molecule has 0 aliphatic heterocycles. The van der Waals surface area contributed by atoms with Crippen molar-refractivity contribution in [2.24, 2.45) is 0 Å². The van der Waals surface area contributed by atoms with E-state index in [9.17, 15) is 0 Å². The summed E-state index contributed by atoms with van der Waals surface area (Å²) in [6.07, 6.45) is 20.3.